The zero-order valence-electron chi connectivity index (χ0n) is 19.5. The summed E-state index contributed by atoms with van der Waals surface area (Å²) in [6.07, 6.45) is -8.17. The number of rotatable bonds is 6. The quantitative estimate of drug-likeness (QED) is 0.273. The van der Waals surface area contributed by atoms with Crippen LogP contribution in [0.15, 0.2) is 66.7 Å². The van der Waals surface area contributed by atoms with Crippen LogP contribution >= 0.6 is 11.6 Å². The molecule has 10 heteroatoms. The molecule has 2 amide bonds. The van der Waals surface area contributed by atoms with Crippen molar-refractivity contribution in [2.75, 3.05) is 10.6 Å². The molecule has 2 atom stereocenters. The van der Waals surface area contributed by atoms with E-state index in [1.165, 1.54) is 0 Å². The van der Waals surface area contributed by atoms with Gasteiger partial charge in [-0.2, -0.15) is 13.2 Å². The normalized spacial score (nSPS) is 19.1. The highest BCUT2D eigenvalue weighted by Gasteiger charge is 2.50. The molecule has 0 saturated carbocycles. The fourth-order valence-corrected chi connectivity index (χ4v) is 5.05. The first-order valence-electron chi connectivity index (χ1n) is 11.5. The first kappa shape index (κ1) is 26.5. The van der Waals surface area contributed by atoms with E-state index in [-0.39, 0.29) is 12.8 Å². The number of hydrogen-bond donors (Lipinski definition) is 4. The lowest BCUT2D eigenvalue weighted by Gasteiger charge is -2.42. The average Bonchev–Trinajstić information content (AvgIpc) is 2.80. The second-order valence-corrected chi connectivity index (χ2v) is 9.64. The minimum Gasteiger partial charge on any atom is -0.481 e. The van der Waals surface area contributed by atoms with E-state index < -0.39 is 42.5 Å². The Morgan fingerprint density at radius 2 is 1.65 bits per heavy atom. The van der Waals surface area contributed by atoms with Crippen LogP contribution in [0.25, 0.3) is 11.1 Å². The number of aliphatic carboxylic acids is 1. The molecule has 6 nitrogen and oxygen atoms in total. The highest BCUT2D eigenvalue weighted by atomic mass is 35.5. The number of carbonyl (C=O) groups is 2. The monoisotopic (exact) mass is 532 g/mol. The molecule has 1 aliphatic rings. The third-order valence-electron chi connectivity index (χ3n) is 6.52. The van der Waals surface area contributed by atoms with E-state index in [2.05, 4.69) is 10.6 Å². The van der Waals surface area contributed by atoms with Gasteiger partial charge >= 0.3 is 18.2 Å². The van der Waals surface area contributed by atoms with Gasteiger partial charge in [-0.05, 0) is 65.4 Å². The number of carboxylic acids is 1. The summed E-state index contributed by atoms with van der Waals surface area (Å²) in [4.78, 5) is 23.6. The summed E-state index contributed by atoms with van der Waals surface area (Å²) in [7, 11) is 0. The number of aliphatic hydroxyl groups is 1. The number of amides is 2. The van der Waals surface area contributed by atoms with Crippen LogP contribution in [-0.2, 0) is 11.2 Å². The number of carbonyl (C=O) groups excluding carboxylic acids is 1. The van der Waals surface area contributed by atoms with Crippen molar-refractivity contribution in [3.05, 3.63) is 82.9 Å². The second kappa shape index (κ2) is 10.4. The molecule has 37 heavy (non-hydrogen) atoms. The zero-order valence-corrected chi connectivity index (χ0v) is 20.2. The maximum absolute atomic E-state index is 13.3. The van der Waals surface area contributed by atoms with Gasteiger partial charge in [0.2, 0.25) is 0 Å². The number of alkyl halides is 3. The van der Waals surface area contributed by atoms with Gasteiger partial charge in [-0.3, -0.25) is 4.79 Å². The summed E-state index contributed by atoms with van der Waals surface area (Å²) in [5.41, 5.74) is 1.85. The Morgan fingerprint density at radius 3 is 2.30 bits per heavy atom. The van der Waals surface area contributed by atoms with Crippen LogP contribution in [0.5, 0.6) is 0 Å². The van der Waals surface area contributed by atoms with E-state index in [0.29, 0.717) is 27.5 Å². The molecule has 0 aromatic heterocycles. The highest BCUT2D eigenvalue weighted by Crippen LogP contribution is 2.52. The van der Waals surface area contributed by atoms with Crippen LogP contribution in [-0.4, -0.2) is 28.4 Å². The third-order valence-corrected chi connectivity index (χ3v) is 6.76. The molecule has 194 valence electrons. The predicted molar refractivity (Wildman–Crippen MR) is 135 cm³/mol. The number of carboxylic acid groups (broad SMARTS) is 1. The number of aryl methyl sites for hydroxylation is 1. The van der Waals surface area contributed by atoms with Crippen molar-refractivity contribution >= 4 is 35.0 Å². The summed E-state index contributed by atoms with van der Waals surface area (Å²) in [5.74, 6) is -1.38. The van der Waals surface area contributed by atoms with Crippen molar-refractivity contribution in [2.45, 2.75) is 38.0 Å². The van der Waals surface area contributed by atoms with E-state index in [9.17, 15) is 33.0 Å². The van der Waals surface area contributed by atoms with Crippen molar-refractivity contribution in [2.24, 2.45) is 5.41 Å². The van der Waals surface area contributed by atoms with Crippen LogP contribution in [0.2, 0.25) is 5.02 Å². The molecule has 0 spiro atoms. The van der Waals surface area contributed by atoms with Gasteiger partial charge in [0, 0.05) is 21.8 Å². The average molecular weight is 533 g/mol. The number of hydrogen-bond acceptors (Lipinski definition) is 3. The molecular formula is C27H24ClF3N2O4. The van der Waals surface area contributed by atoms with Gasteiger partial charge in [-0.25, -0.2) is 4.79 Å². The largest absolute Gasteiger partial charge is 0.481 e. The molecule has 4 rings (SSSR count). The SMILES string of the molecule is O=C(O)CC1(CC(F)(F)F)CCc2cc(-c3ccc(NC(=O)Nc4cccc(Cl)c4)cc3)ccc2C1O. The lowest BCUT2D eigenvalue weighted by atomic mass is 9.65. The number of nitrogens with one attached hydrogen (secondary N) is 2. The number of anilines is 2. The fraction of sp³-hybridized carbons (Fsp3) is 0.259. The van der Waals surface area contributed by atoms with Gasteiger partial charge in [-0.15, -0.1) is 0 Å². The van der Waals surface area contributed by atoms with E-state index >= 15 is 0 Å². The highest BCUT2D eigenvalue weighted by molar-refractivity contribution is 6.30. The van der Waals surface area contributed by atoms with Gasteiger partial charge in [-0.1, -0.05) is 48.0 Å². The molecule has 0 aliphatic heterocycles. The van der Waals surface area contributed by atoms with E-state index in [1.807, 2.05) is 0 Å². The molecule has 0 fully saturated rings. The Kier molecular flexibility index (Phi) is 7.47. The molecule has 3 aromatic rings. The molecule has 2 unspecified atom stereocenters. The van der Waals surface area contributed by atoms with E-state index in [1.54, 1.807) is 66.7 Å². The standard InChI is InChI=1S/C27H24ClF3N2O4/c28-19-2-1-3-21(13-19)33-25(37)32-20-7-4-16(5-8-20)17-6-9-22-18(12-17)10-11-26(24(22)36,14-23(34)35)15-27(29,30)31/h1-9,12-13,24,36H,10-11,14-15H2,(H,34,35)(H2,32,33,37). The van der Waals surface area contributed by atoms with Gasteiger partial charge in [0.25, 0.3) is 0 Å². The number of aliphatic hydroxyl groups excluding tert-OH is 1. The Morgan fingerprint density at radius 1 is 0.973 bits per heavy atom. The summed E-state index contributed by atoms with van der Waals surface area (Å²) >= 11 is 5.92. The maximum Gasteiger partial charge on any atom is 0.389 e. The zero-order chi connectivity index (χ0) is 26.8. The van der Waals surface area contributed by atoms with Crippen LogP contribution in [0.1, 0.15) is 36.5 Å². The Hall–Kier alpha value is -3.56. The molecule has 0 heterocycles. The van der Waals surface area contributed by atoms with Gasteiger partial charge < -0.3 is 20.8 Å². The predicted octanol–water partition coefficient (Wildman–Crippen LogP) is 7.04. The minimum absolute atomic E-state index is 0.0962. The van der Waals surface area contributed by atoms with Crippen LogP contribution < -0.4 is 10.6 Å². The Labute approximate surface area is 216 Å². The van der Waals surface area contributed by atoms with Crippen molar-refractivity contribution < 1.29 is 33.0 Å². The number of fused-ring (bicyclic) bond motifs is 1. The third kappa shape index (κ3) is 6.42. The number of urea groups is 1. The Balaban J connectivity index is 1.49. The summed E-state index contributed by atoms with van der Waals surface area (Å²) in [5, 5.41) is 26.0. The lowest BCUT2D eigenvalue weighted by Crippen LogP contribution is -2.39. The van der Waals surface area contributed by atoms with Crippen molar-refractivity contribution in [1.82, 2.24) is 0 Å². The molecule has 3 aromatic carbocycles. The molecule has 0 saturated heterocycles. The summed E-state index contributed by atoms with van der Waals surface area (Å²) in [6.45, 7) is 0. The molecule has 0 bridgehead atoms. The number of halogens is 4. The van der Waals surface area contributed by atoms with Gasteiger partial charge in [0.05, 0.1) is 18.9 Å². The van der Waals surface area contributed by atoms with Gasteiger partial charge in [0.1, 0.15) is 0 Å². The van der Waals surface area contributed by atoms with Crippen LogP contribution in [0, 0.1) is 5.41 Å². The van der Waals surface area contributed by atoms with Crippen LogP contribution in [0.3, 0.4) is 0 Å². The van der Waals surface area contributed by atoms with Crippen molar-refractivity contribution in [3.8, 4) is 11.1 Å². The summed E-state index contributed by atoms with van der Waals surface area (Å²) in [6, 6.07) is 18.3. The first-order valence-corrected chi connectivity index (χ1v) is 11.9. The smallest absolute Gasteiger partial charge is 0.389 e. The molecular weight excluding hydrogens is 509 g/mol. The topological polar surface area (TPSA) is 98.7 Å². The van der Waals surface area contributed by atoms with Crippen LogP contribution in [0.4, 0.5) is 29.3 Å². The summed E-state index contributed by atoms with van der Waals surface area (Å²) < 4.78 is 39.8. The minimum atomic E-state index is -4.60. The van der Waals surface area contributed by atoms with E-state index in [0.717, 1.165) is 11.1 Å². The molecule has 1 aliphatic carbocycles. The fourth-order valence-electron chi connectivity index (χ4n) is 4.86. The van der Waals surface area contributed by atoms with Crippen molar-refractivity contribution in [3.63, 3.8) is 0 Å². The maximum atomic E-state index is 13.3. The first-order chi connectivity index (χ1) is 17.4. The Bertz CT molecular complexity index is 1310. The lowest BCUT2D eigenvalue weighted by molar-refractivity contribution is -0.183. The molecule has 0 radical (unpaired) electrons. The van der Waals surface area contributed by atoms with Crippen molar-refractivity contribution in [1.29, 1.82) is 0 Å². The second-order valence-electron chi connectivity index (χ2n) is 9.21. The van der Waals surface area contributed by atoms with E-state index in [4.69, 9.17) is 11.6 Å². The molecule has 4 N–H and O–H groups in total. The number of benzene rings is 3. The van der Waals surface area contributed by atoms with Gasteiger partial charge in [0.15, 0.2) is 0 Å².